The molecule has 9 heteroatoms. The lowest BCUT2D eigenvalue weighted by atomic mass is 10.2. The van der Waals surface area contributed by atoms with Crippen LogP contribution in [0.15, 0.2) is 56.8 Å². The highest BCUT2D eigenvalue weighted by Gasteiger charge is 2.35. The van der Waals surface area contributed by atoms with Crippen molar-refractivity contribution in [2.24, 2.45) is 4.99 Å². The van der Waals surface area contributed by atoms with Crippen LogP contribution >= 0.6 is 27.7 Å². The van der Waals surface area contributed by atoms with Crippen LogP contribution in [0, 0.1) is 5.82 Å². The predicted octanol–water partition coefficient (Wildman–Crippen LogP) is 5.69. The molecule has 0 atom stereocenters. The maximum Gasteiger partial charge on any atom is 0.266 e. The second kappa shape index (κ2) is 11.0. The third-order valence-electron chi connectivity index (χ3n) is 4.46. The fraction of sp³-hybridized carbons (Fsp3) is 0.292. The van der Waals surface area contributed by atoms with Gasteiger partial charge in [-0.3, -0.25) is 19.5 Å². The van der Waals surface area contributed by atoms with Crippen molar-refractivity contribution in [2.75, 3.05) is 11.9 Å². The molecule has 1 aliphatic rings. The number of benzene rings is 2. The standard InChI is InChI=1S/C24H25BrFN3O3S/c1-14(2)27-24-29(15(3)4)23(31)21(33-24)12-16-5-10-20(19(25)11-16)32-13-22(30)28-18-8-6-17(26)7-9-18/h5-12,14-15H,13H2,1-4H3,(H,28,30)/b21-12+,27-24?. The zero-order chi connectivity index (χ0) is 24.1. The number of amidine groups is 1. The molecule has 1 fully saturated rings. The molecule has 3 rings (SSSR count). The van der Waals surface area contributed by atoms with Gasteiger partial charge in [0, 0.05) is 17.8 Å². The predicted molar refractivity (Wildman–Crippen MR) is 135 cm³/mol. The van der Waals surface area contributed by atoms with E-state index in [-0.39, 0.29) is 36.3 Å². The Morgan fingerprint density at radius 2 is 1.91 bits per heavy atom. The third kappa shape index (κ3) is 6.68. The average Bonchev–Trinajstić information content (AvgIpc) is 3.03. The lowest BCUT2D eigenvalue weighted by molar-refractivity contribution is -0.123. The quantitative estimate of drug-likeness (QED) is 0.463. The Morgan fingerprint density at radius 3 is 2.52 bits per heavy atom. The Bertz CT molecular complexity index is 1100. The van der Waals surface area contributed by atoms with Crippen molar-refractivity contribution in [3.05, 3.63) is 63.2 Å². The molecule has 2 amide bonds. The van der Waals surface area contributed by atoms with Crippen molar-refractivity contribution in [2.45, 2.75) is 39.8 Å². The Labute approximate surface area is 205 Å². The van der Waals surface area contributed by atoms with E-state index >= 15 is 0 Å². The van der Waals surface area contributed by atoms with Gasteiger partial charge in [-0.1, -0.05) is 6.07 Å². The van der Waals surface area contributed by atoms with E-state index in [2.05, 4.69) is 26.2 Å². The second-order valence-electron chi connectivity index (χ2n) is 7.92. The van der Waals surface area contributed by atoms with Crippen molar-refractivity contribution in [1.29, 1.82) is 0 Å². The topological polar surface area (TPSA) is 71.0 Å². The molecule has 0 aromatic heterocycles. The van der Waals surface area contributed by atoms with Gasteiger partial charge in [0.2, 0.25) is 0 Å². The summed E-state index contributed by atoms with van der Waals surface area (Å²) in [7, 11) is 0. The van der Waals surface area contributed by atoms with Gasteiger partial charge in [0.1, 0.15) is 11.6 Å². The number of thioether (sulfide) groups is 1. The van der Waals surface area contributed by atoms with Gasteiger partial charge in [-0.15, -0.1) is 0 Å². The number of carbonyl (C=O) groups excluding carboxylic acids is 2. The number of aliphatic imine (C=N–C) groups is 1. The number of halogens is 2. The summed E-state index contributed by atoms with van der Waals surface area (Å²) in [5, 5.41) is 3.35. The molecular weight excluding hydrogens is 509 g/mol. The van der Waals surface area contributed by atoms with E-state index in [0.29, 0.717) is 26.0 Å². The van der Waals surface area contributed by atoms with Crippen LogP contribution in [0.25, 0.3) is 6.08 Å². The monoisotopic (exact) mass is 533 g/mol. The van der Waals surface area contributed by atoms with E-state index < -0.39 is 0 Å². The summed E-state index contributed by atoms with van der Waals surface area (Å²) in [6, 6.07) is 11.0. The highest BCUT2D eigenvalue weighted by atomic mass is 79.9. The summed E-state index contributed by atoms with van der Waals surface area (Å²) >= 11 is 4.83. The molecule has 2 aromatic carbocycles. The fourth-order valence-corrected chi connectivity index (χ4v) is 4.75. The molecule has 0 aliphatic carbocycles. The van der Waals surface area contributed by atoms with Gasteiger partial charge in [-0.05, 0) is 103 Å². The van der Waals surface area contributed by atoms with Crippen LogP contribution in [-0.2, 0) is 9.59 Å². The van der Waals surface area contributed by atoms with E-state index in [4.69, 9.17) is 4.74 Å². The van der Waals surface area contributed by atoms with Gasteiger partial charge >= 0.3 is 0 Å². The summed E-state index contributed by atoms with van der Waals surface area (Å²) in [4.78, 5) is 31.9. The molecule has 174 valence electrons. The number of rotatable bonds is 7. The first-order chi connectivity index (χ1) is 15.6. The minimum absolute atomic E-state index is 0.0111. The van der Waals surface area contributed by atoms with Gasteiger partial charge in [0.05, 0.1) is 9.38 Å². The smallest absolute Gasteiger partial charge is 0.266 e. The summed E-state index contributed by atoms with van der Waals surface area (Å²) in [6.45, 7) is 7.68. The molecule has 1 heterocycles. The molecule has 1 saturated heterocycles. The highest BCUT2D eigenvalue weighted by molar-refractivity contribution is 9.10. The third-order valence-corrected chi connectivity index (χ3v) is 6.08. The molecule has 1 N–H and O–H groups in total. The van der Waals surface area contributed by atoms with Crippen LogP contribution in [-0.4, -0.2) is 40.6 Å². The largest absolute Gasteiger partial charge is 0.483 e. The van der Waals surface area contributed by atoms with E-state index in [0.717, 1.165) is 5.56 Å². The summed E-state index contributed by atoms with van der Waals surface area (Å²) < 4.78 is 19.2. The van der Waals surface area contributed by atoms with Crippen molar-refractivity contribution >= 4 is 56.4 Å². The molecule has 2 aromatic rings. The first-order valence-corrected chi connectivity index (χ1v) is 12.0. The van der Waals surface area contributed by atoms with Crippen LogP contribution in [0.2, 0.25) is 0 Å². The van der Waals surface area contributed by atoms with E-state index in [1.165, 1.54) is 36.0 Å². The number of ether oxygens (including phenoxy) is 1. The number of carbonyl (C=O) groups is 2. The highest BCUT2D eigenvalue weighted by Crippen LogP contribution is 2.35. The van der Waals surface area contributed by atoms with Gasteiger partial charge in [-0.25, -0.2) is 4.39 Å². The summed E-state index contributed by atoms with van der Waals surface area (Å²) in [5.74, 6) is -0.314. The number of hydrogen-bond donors (Lipinski definition) is 1. The molecule has 0 unspecified atom stereocenters. The normalized spacial score (nSPS) is 16.4. The van der Waals surface area contributed by atoms with Crippen LogP contribution in [0.5, 0.6) is 5.75 Å². The number of nitrogens with one attached hydrogen (secondary N) is 1. The van der Waals surface area contributed by atoms with Crippen LogP contribution in [0.3, 0.4) is 0 Å². The van der Waals surface area contributed by atoms with E-state index in [1.807, 2.05) is 45.9 Å². The minimum Gasteiger partial charge on any atom is -0.483 e. The average molecular weight is 534 g/mol. The SMILES string of the molecule is CC(C)N=C1S/C(=C/c2ccc(OCC(=O)Nc3ccc(F)cc3)c(Br)c2)C(=O)N1C(C)C. The Balaban J connectivity index is 1.67. The molecular formula is C24H25BrFN3O3S. The van der Waals surface area contributed by atoms with Crippen molar-refractivity contribution in [3.8, 4) is 5.75 Å². The van der Waals surface area contributed by atoms with Crippen LogP contribution in [0.1, 0.15) is 33.3 Å². The first-order valence-electron chi connectivity index (χ1n) is 10.4. The Hall–Kier alpha value is -2.65. The Kier molecular flexibility index (Phi) is 8.31. The van der Waals surface area contributed by atoms with Crippen LogP contribution in [0.4, 0.5) is 10.1 Å². The molecule has 0 radical (unpaired) electrons. The fourth-order valence-electron chi connectivity index (χ4n) is 3.00. The molecule has 0 bridgehead atoms. The zero-order valence-electron chi connectivity index (χ0n) is 18.8. The van der Waals surface area contributed by atoms with Crippen molar-refractivity contribution < 1.29 is 18.7 Å². The summed E-state index contributed by atoms with van der Waals surface area (Å²) in [6.07, 6.45) is 1.82. The van der Waals surface area contributed by atoms with Crippen molar-refractivity contribution in [3.63, 3.8) is 0 Å². The van der Waals surface area contributed by atoms with Gasteiger partial charge in [0.15, 0.2) is 11.8 Å². The van der Waals surface area contributed by atoms with Crippen molar-refractivity contribution in [1.82, 2.24) is 4.90 Å². The molecule has 1 aliphatic heterocycles. The maximum atomic E-state index is 13.0. The van der Waals surface area contributed by atoms with Gasteiger partial charge < -0.3 is 10.1 Å². The van der Waals surface area contributed by atoms with Gasteiger partial charge in [0.25, 0.3) is 11.8 Å². The molecule has 6 nitrogen and oxygen atoms in total. The number of anilines is 1. The molecule has 0 spiro atoms. The lowest BCUT2D eigenvalue weighted by Gasteiger charge is -2.20. The van der Waals surface area contributed by atoms with E-state index in [1.54, 1.807) is 11.0 Å². The zero-order valence-corrected chi connectivity index (χ0v) is 21.2. The molecule has 33 heavy (non-hydrogen) atoms. The Morgan fingerprint density at radius 1 is 1.21 bits per heavy atom. The van der Waals surface area contributed by atoms with E-state index in [9.17, 15) is 14.0 Å². The number of amides is 2. The van der Waals surface area contributed by atoms with Crippen LogP contribution < -0.4 is 10.1 Å². The minimum atomic E-state index is -0.374. The summed E-state index contributed by atoms with van der Waals surface area (Å²) in [5.41, 5.74) is 1.30. The maximum absolute atomic E-state index is 13.0. The first kappa shape index (κ1) is 25.0. The second-order valence-corrected chi connectivity index (χ2v) is 9.78. The van der Waals surface area contributed by atoms with Gasteiger partial charge in [-0.2, -0.15) is 0 Å². The number of nitrogens with zero attached hydrogens (tertiary/aromatic N) is 2. The number of hydrogen-bond acceptors (Lipinski definition) is 5. The molecule has 0 saturated carbocycles. The lowest BCUT2D eigenvalue weighted by Crippen LogP contribution is -2.35.